The Morgan fingerprint density at radius 3 is 2.34 bits per heavy atom. The number of nitrogens with one attached hydrogen (secondary N) is 1. The Morgan fingerprint density at radius 2 is 1.72 bits per heavy atom. The van der Waals surface area contributed by atoms with E-state index in [0.717, 1.165) is 0 Å². The van der Waals surface area contributed by atoms with Gasteiger partial charge in [-0.15, -0.1) is 0 Å². The third-order valence-corrected chi connectivity index (χ3v) is 4.45. The molecule has 0 unspecified atom stereocenters. The van der Waals surface area contributed by atoms with Crippen molar-refractivity contribution in [2.45, 2.75) is 33.8 Å². The predicted molar refractivity (Wildman–Crippen MR) is 113 cm³/mol. The van der Waals surface area contributed by atoms with E-state index in [2.05, 4.69) is 5.32 Å². The summed E-state index contributed by atoms with van der Waals surface area (Å²) in [6.07, 6.45) is 0.0391. The summed E-state index contributed by atoms with van der Waals surface area (Å²) < 4.78 is 15.9. The first-order valence-corrected chi connectivity index (χ1v) is 9.48. The SMILES string of the molecule is COc1ccc(CC(=O)OCc2cc(Cl)ccc2NC(=O)C(C)(C)C)c(OC)c1. The highest BCUT2D eigenvalue weighted by atomic mass is 35.5. The van der Waals surface area contributed by atoms with E-state index in [4.69, 9.17) is 25.8 Å². The third kappa shape index (κ3) is 6.39. The van der Waals surface area contributed by atoms with Crippen molar-refractivity contribution in [3.8, 4) is 11.5 Å². The molecule has 2 aromatic carbocycles. The lowest BCUT2D eigenvalue weighted by atomic mass is 9.95. The summed E-state index contributed by atoms with van der Waals surface area (Å²) in [6, 6.07) is 10.3. The number of anilines is 1. The summed E-state index contributed by atoms with van der Waals surface area (Å²) in [7, 11) is 3.09. The van der Waals surface area contributed by atoms with E-state index in [0.29, 0.717) is 33.3 Å². The number of halogens is 1. The molecule has 0 saturated carbocycles. The molecule has 0 radical (unpaired) electrons. The van der Waals surface area contributed by atoms with Gasteiger partial charge in [0.25, 0.3) is 0 Å². The van der Waals surface area contributed by atoms with E-state index in [-0.39, 0.29) is 18.9 Å². The fourth-order valence-corrected chi connectivity index (χ4v) is 2.67. The molecule has 0 aliphatic carbocycles. The summed E-state index contributed by atoms with van der Waals surface area (Å²) in [5, 5.41) is 3.35. The molecule has 0 saturated heterocycles. The maximum absolute atomic E-state index is 12.4. The number of esters is 1. The van der Waals surface area contributed by atoms with Crippen LogP contribution in [0.4, 0.5) is 5.69 Å². The van der Waals surface area contributed by atoms with Gasteiger partial charge in [-0.3, -0.25) is 9.59 Å². The van der Waals surface area contributed by atoms with Gasteiger partial charge in [0, 0.05) is 33.3 Å². The van der Waals surface area contributed by atoms with E-state index in [1.165, 1.54) is 7.11 Å². The van der Waals surface area contributed by atoms with Gasteiger partial charge in [0.15, 0.2) is 0 Å². The number of hydrogen-bond acceptors (Lipinski definition) is 5. The quantitative estimate of drug-likeness (QED) is 0.662. The van der Waals surface area contributed by atoms with Gasteiger partial charge in [0.2, 0.25) is 5.91 Å². The number of hydrogen-bond donors (Lipinski definition) is 1. The number of ether oxygens (including phenoxy) is 3. The van der Waals surface area contributed by atoms with Crippen molar-refractivity contribution in [1.82, 2.24) is 0 Å². The Hall–Kier alpha value is -2.73. The van der Waals surface area contributed by atoms with Crippen molar-refractivity contribution < 1.29 is 23.8 Å². The number of methoxy groups -OCH3 is 2. The first-order valence-electron chi connectivity index (χ1n) is 9.10. The second-order valence-electron chi connectivity index (χ2n) is 7.52. The van der Waals surface area contributed by atoms with Crippen molar-refractivity contribution in [2.24, 2.45) is 5.41 Å². The van der Waals surface area contributed by atoms with Crippen molar-refractivity contribution in [2.75, 3.05) is 19.5 Å². The summed E-state index contributed by atoms with van der Waals surface area (Å²) in [5.41, 5.74) is 1.30. The lowest BCUT2D eigenvalue weighted by Crippen LogP contribution is -2.28. The fraction of sp³-hybridized carbons (Fsp3) is 0.364. The first kappa shape index (κ1) is 22.6. The monoisotopic (exact) mass is 419 g/mol. The Labute approximate surface area is 176 Å². The lowest BCUT2D eigenvalue weighted by Gasteiger charge is -2.19. The minimum Gasteiger partial charge on any atom is -0.497 e. The van der Waals surface area contributed by atoms with Crippen molar-refractivity contribution in [3.63, 3.8) is 0 Å². The van der Waals surface area contributed by atoms with Crippen LogP contribution in [0, 0.1) is 5.41 Å². The minimum atomic E-state index is -0.557. The summed E-state index contributed by atoms with van der Waals surface area (Å²) in [6.45, 7) is 5.44. The molecule has 0 aromatic heterocycles. The van der Waals surface area contributed by atoms with Gasteiger partial charge in [-0.1, -0.05) is 38.4 Å². The molecule has 2 aromatic rings. The molecular formula is C22H26ClNO5. The Balaban J connectivity index is 2.08. The van der Waals surface area contributed by atoms with Crippen LogP contribution < -0.4 is 14.8 Å². The molecule has 0 aliphatic rings. The molecule has 1 amide bonds. The molecule has 1 N–H and O–H groups in total. The van der Waals surface area contributed by atoms with Crippen LogP contribution in [-0.2, 0) is 27.4 Å². The second kappa shape index (κ2) is 9.65. The number of benzene rings is 2. The Kier molecular flexibility index (Phi) is 7.51. The molecule has 0 spiro atoms. The van der Waals surface area contributed by atoms with Crippen LogP contribution in [0.2, 0.25) is 5.02 Å². The van der Waals surface area contributed by atoms with Crippen molar-refractivity contribution >= 4 is 29.2 Å². The van der Waals surface area contributed by atoms with Gasteiger partial charge in [-0.2, -0.15) is 0 Å². The standard InChI is InChI=1S/C22H26ClNO5/c1-22(2,3)21(26)24-18-9-7-16(23)10-15(18)13-29-20(25)11-14-6-8-17(27-4)12-19(14)28-5/h6-10,12H,11,13H2,1-5H3,(H,24,26). The second-order valence-corrected chi connectivity index (χ2v) is 7.96. The summed E-state index contributed by atoms with van der Waals surface area (Å²) >= 11 is 6.07. The molecule has 2 rings (SSSR count). The van der Waals surface area contributed by atoms with Crippen molar-refractivity contribution in [3.05, 3.63) is 52.5 Å². The van der Waals surface area contributed by atoms with Crippen LogP contribution >= 0.6 is 11.6 Å². The number of rotatable bonds is 7. The van der Waals surface area contributed by atoms with Crippen molar-refractivity contribution in [1.29, 1.82) is 0 Å². The molecule has 0 fully saturated rings. The smallest absolute Gasteiger partial charge is 0.310 e. The van der Waals surface area contributed by atoms with Crippen LogP contribution in [0.3, 0.4) is 0 Å². The molecular weight excluding hydrogens is 394 g/mol. The minimum absolute atomic E-state index is 0.0163. The lowest BCUT2D eigenvalue weighted by molar-refractivity contribution is -0.144. The summed E-state index contributed by atoms with van der Waals surface area (Å²) in [5.74, 6) is 0.608. The summed E-state index contributed by atoms with van der Waals surface area (Å²) in [4.78, 5) is 24.7. The third-order valence-electron chi connectivity index (χ3n) is 4.21. The maximum atomic E-state index is 12.4. The molecule has 0 atom stereocenters. The zero-order chi connectivity index (χ0) is 21.6. The average Bonchev–Trinajstić information content (AvgIpc) is 2.67. The van der Waals surface area contributed by atoms with Gasteiger partial charge in [-0.25, -0.2) is 0 Å². The van der Waals surface area contributed by atoms with Crippen LogP contribution in [0.25, 0.3) is 0 Å². The molecule has 7 heteroatoms. The highest BCUT2D eigenvalue weighted by Crippen LogP contribution is 2.27. The van der Waals surface area contributed by atoms with Crippen LogP contribution in [0.5, 0.6) is 11.5 Å². The molecule has 29 heavy (non-hydrogen) atoms. The van der Waals surface area contributed by atoms with Gasteiger partial charge < -0.3 is 19.5 Å². The van der Waals surface area contributed by atoms with Gasteiger partial charge >= 0.3 is 5.97 Å². The van der Waals surface area contributed by atoms with E-state index >= 15 is 0 Å². The van der Waals surface area contributed by atoms with E-state index in [9.17, 15) is 9.59 Å². The van der Waals surface area contributed by atoms with E-state index in [1.54, 1.807) is 43.5 Å². The molecule has 156 valence electrons. The highest BCUT2D eigenvalue weighted by Gasteiger charge is 2.22. The van der Waals surface area contributed by atoms with Crippen LogP contribution in [-0.4, -0.2) is 26.1 Å². The van der Waals surface area contributed by atoms with Crippen LogP contribution in [0.15, 0.2) is 36.4 Å². The molecule has 0 aliphatic heterocycles. The molecule has 0 heterocycles. The van der Waals surface area contributed by atoms with Gasteiger partial charge in [0.1, 0.15) is 18.1 Å². The first-order chi connectivity index (χ1) is 13.6. The normalized spacial score (nSPS) is 11.0. The zero-order valence-electron chi connectivity index (χ0n) is 17.3. The molecule has 0 bridgehead atoms. The largest absolute Gasteiger partial charge is 0.497 e. The Morgan fingerprint density at radius 1 is 1.00 bits per heavy atom. The number of carbonyl (C=O) groups excluding carboxylic acids is 2. The Bertz CT molecular complexity index is 889. The predicted octanol–water partition coefficient (Wildman–Crippen LogP) is 4.63. The van der Waals surface area contributed by atoms with E-state index in [1.807, 2.05) is 20.8 Å². The molecule has 6 nitrogen and oxygen atoms in total. The van der Waals surface area contributed by atoms with Gasteiger partial charge in [-0.05, 0) is 24.3 Å². The number of amides is 1. The van der Waals surface area contributed by atoms with Crippen LogP contribution in [0.1, 0.15) is 31.9 Å². The fourth-order valence-electron chi connectivity index (χ4n) is 2.48. The topological polar surface area (TPSA) is 73.9 Å². The average molecular weight is 420 g/mol. The zero-order valence-corrected chi connectivity index (χ0v) is 18.1. The number of carbonyl (C=O) groups is 2. The van der Waals surface area contributed by atoms with E-state index < -0.39 is 11.4 Å². The maximum Gasteiger partial charge on any atom is 0.310 e. The highest BCUT2D eigenvalue weighted by molar-refractivity contribution is 6.30. The van der Waals surface area contributed by atoms with Gasteiger partial charge in [0.05, 0.1) is 20.6 Å².